The van der Waals surface area contributed by atoms with Crippen LogP contribution in [0.25, 0.3) is 0 Å². The summed E-state index contributed by atoms with van der Waals surface area (Å²) in [6, 6.07) is 9.98. The van der Waals surface area contributed by atoms with Crippen LogP contribution in [0.2, 0.25) is 0 Å². The van der Waals surface area contributed by atoms with Gasteiger partial charge in [-0.25, -0.2) is 4.39 Å². The molecule has 0 heterocycles. The van der Waals surface area contributed by atoms with E-state index in [1.165, 1.54) is 6.07 Å². The van der Waals surface area contributed by atoms with Crippen molar-refractivity contribution in [2.45, 2.75) is 26.8 Å². The summed E-state index contributed by atoms with van der Waals surface area (Å²) in [6.07, 6.45) is 0. The average molecular weight is 286 g/mol. The third kappa shape index (κ3) is 3.21. The Balaban J connectivity index is 2.18. The molecule has 0 aliphatic carbocycles. The van der Waals surface area contributed by atoms with Crippen molar-refractivity contribution in [2.75, 3.05) is 5.73 Å². The van der Waals surface area contributed by atoms with Gasteiger partial charge in [-0.1, -0.05) is 24.3 Å². The van der Waals surface area contributed by atoms with Crippen LogP contribution in [0, 0.1) is 19.7 Å². The first-order valence-electron chi connectivity index (χ1n) is 6.82. The van der Waals surface area contributed by atoms with Gasteiger partial charge in [0.25, 0.3) is 5.91 Å². The Morgan fingerprint density at radius 3 is 2.57 bits per heavy atom. The van der Waals surface area contributed by atoms with E-state index < -0.39 is 0 Å². The number of aryl methyl sites for hydroxylation is 2. The number of nitrogen functional groups attached to an aromatic ring is 1. The van der Waals surface area contributed by atoms with Gasteiger partial charge in [0.05, 0.1) is 11.6 Å². The summed E-state index contributed by atoms with van der Waals surface area (Å²) >= 11 is 0. The fraction of sp³-hybridized carbons (Fsp3) is 0.235. The van der Waals surface area contributed by atoms with Crippen LogP contribution in [0.1, 0.15) is 40.0 Å². The van der Waals surface area contributed by atoms with E-state index in [9.17, 15) is 9.18 Å². The first kappa shape index (κ1) is 15.0. The lowest BCUT2D eigenvalue weighted by Crippen LogP contribution is -2.27. The molecule has 0 aliphatic rings. The van der Waals surface area contributed by atoms with Gasteiger partial charge in [0.1, 0.15) is 5.82 Å². The highest BCUT2D eigenvalue weighted by Gasteiger charge is 2.15. The highest BCUT2D eigenvalue weighted by atomic mass is 19.1. The first-order chi connectivity index (χ1) is 9.90. The van der Waals surface area contributed by atoms with E-state index in [0.29, 0.717) is 16.8 Å². The molecule has 0 saturated heterocycles. The van der Waals surface area contributed by atoms with Gasteiger partial charge in [-0.3, -0.25) is 4.79 Å². The maximum absolute atomic E-state index is 13.6. The van der Waals surface area contributed by atoms with Gasteiger partial charge < -0.3 is 11.1 Å². The molecular formula is C17H19FN2O. The number of nitrogens with one attached hydrogen (secondary N) is 1. The van der Waals surface area contributed by atoms with Gasteiger partial charge in [-0.15, -0.1) is 0 Å². The van der Waals surface area contributed by atoms with Gasteiger partial charge in [-0.05, 0) is 49.6 Å². The summed E-state index contributed by atoms with van der Waals surface area (Å²) in [5.41, 5.74) is 8.99. The van der Waals surface area contributed by atoms with Crippen LogP contribution < -0.4 is 11.1 Å². The monoisotopic (exact) mass is 286 g/mol. The van der Waals surface area contributed by atoms with E-state index in [4.69, 9.17) is 5.73 Å². The molecule has 2 aromatic rings. The van der Waals surface area contributed by atoms with Crippen molar-refractivity contribution in [1.29, 1.82) is 0 Å². The number of benzene rings is 2. The molecule has 0 radical (unpaired) electrons. The quantitative estimate of drug-likeness (QED) is 0.848. The largest absolute Gasteiger partial charge is 0.398 e. The van der Waals surface area contributed by atoms with E-state index >= 15 is 0 Å². The lowest BCUT2D eigenvalue weighted by atomic mass is 10.0. The lowest BCUT2D eigenvalue weighted by Gasteiger charge is -2.16. The van der Waals surface area contributed by atoms with Crippen molar-refractivity contribution in [1.82, 2.24) is 5.32 Å². The molecule has 1 amide bonds. The zero-order chi connectivity index (χ0) is 15.6. The summed E-state index contributed by atoms with van der Waals surface area (Å²) < 4.78 is 13.6. The number of nitrogens with two attached hydrogens (primary N) is 1. The minimum absolute atomic E-state index is 0.260. The van der Waals surface area contributed by atoms with Crippen LogP contribution in [0.4, 0.5) is 10.1 Å². The Bertz CT molecular complexity index is 682. The minimum atomic E-state index is -0.299. The molecule has 4 heteroatoms. The van der Waals surface area contributed by atoms with Crippen LogP contribution in [0.15, 0.2) is 36.4 Å². The molecule has 1 unspecified atom stereocenters. The lowest BCUT2D eigenvalue weighted by molar-refractivity contribution is 0.0940. The van der Waals surface area contributed by atoms with Gasteiger partial charge in [0, 0.05) is 5.69 Å². The van der Waals surface area contributed by atoms with E-state index in [1.54, 1.807) is 25.1 Å². The van der Waals surface area contributed by atoms with E-state index in [0.717, 1.165) is 11.1 Å². The summed E-state index contributed by atoms with van der Waals surface area (Å²) in [6.45, 7) is 5.37. The number of hydrogen-bond acceptors (Lipinski definition) is 2. The first-order valence-corrected chi connectivity index (χ1v) is 6.82. The molecule has 3 N–H and O–H groups in total. The Morgan fingerprint density at radius 2 is 1.90 bits per heavy atom. The number of amides is 1. The molecule has 0 bridgehead atoms. The van der Waals surface area contributed by atoms with E-state index in [2.05, 4.69) is 5.32 Å². The second-order valence-electron chi connectivity index (χ2n) is 5.24. The number of halogens is 1. The minimum Gasteiger partial charge on any atom is -0.398 e. The molecule has 2 rings (SSSR count). The summed E-state index contributed by atoms with van der Waals surface area (Å²) in [7, 11) is 0. The van der Waals surface area contributed by atoms with Crippen molar-refractivity contribution in [3.63, 3.8) is 0 Å². The second-order valence-corrected chi connectivity index (χ2v) is 5.24. The van der Waals surface area contributed by atoms with Crippen molar-refractivity contribution in [3.8, 4) is 0 Å². The normalized spacial score (nSPS) is 12.0. The van der Waals surface area contributed by atoms with Gasteiger partial charge >= 0.3 is 0 Å². The molecular weight excluding hydrogens is 267 g/mol. The molecule has 110 valence electrons. The molecule has 0 aliphatic heterocycles. The number of para-hydroxylation sites is 1. The van der Waals surface area contributed by atoms with Crippen molar-refractivity contribution >= 4 is 11.6 Å². The van der Waals surface area contributed by atoms with Crippen LogP contribution >= 0.6 is 0 Å². The fourth-order valence-electron chi connectivity index (χ4n) is 2.11. The topological polar surface area (TPSA) is 55.1 Å². The third-order valence-electron chi connectivity index (χ3n) is 3.61. The maximum atomic E-state index is 13.6. The predicted octanol–water partition coefficient (Wildman–Crippen LogP) is 3.52. The highest BCUT2D eigenvalue weighted by molar-refractivity contribution is 5.99. The Kier molecular flexibility index (Phi) is 4.26. The second kappa shape index (κ2) is 5.95. The third-order valence-corrected chi connectivity index (χ3v) is 3.61. The zero-order valence-electron chi connectivity index (χ0n) is 12.4. The van der Waals surface area contributed by atoms with Crippen LogP contribution in [-0.4, -0.2) is 5.91 Å². The van der Waals surface area contributed by atoms with Crippen LogP contribution in [-0.2, 0) is 0 Å². The van der Waals surface area contributed by atoms with Gasteiger partial charge in [-0.2, -0.15) is 0 Å². The SMILES string of the molecule is Cc1ccc(C(C)NC(=O)c2cccc(C)c2N)cc1F. The molecule has 0 spiro atoms. The molecule has 1 atom stereocenters. The number of hydrogen-bond donors (Lipinski definition) is 2. The highest BCUT2D eigenvalue weighted by Crippen LogP contribution is 2.20. The van der Waals surface area contributed by atoms with Crippen LogP contribution in [0.3, 0.4) is 0 Å². The molecule has 3 nitrogen and oxygen atoms in total. The van der Waals surface area contributed by atoms with Gasteiger partial charge in [0.15, 0.2) is 0 Å². The average Bonchev–Trinajstić information content (AvgIpc) is 2.44. The Labute approximate surface area is 124 Å². The number of carbonyl (C=O) groups is 1. The summed E-state index contributed by atoms with van der Waals surface area (Å²) in [4.78, 5) is 12.3. The van der Waals surface area contributed by atoms with Crippen molar-refractivity contribution in [3.05, 3.63) is 64.5 Å². The van der Waals surface area contributed by atoms with Gasteiger partial charge in [0.2, 0.25) is 0 Å². The standard InChI is InChI=1S/C17H19FN2O/c1-10-7-8-13(9-15(10)18)12(3)20-17(21)14-6-4-5-11(2)16(14)19/h4-9,12H,19H2,1-3H3,(H,20,21). The molecule has 21 heavy (non-hydrogen) atoms. The Hall–Kier alpha value is -2.36. The van der Waals surface area contributed by atoms with Crippen molar-refractivity contribution < 1.29 is 9.18 Å². The molecule has 2 aromatic carbocycles. The molecule has 0 saturated carbocycles. The maximum Gasteiger partial charge on any atom is 0.253 e. The fourth-order valence-corrected chi connectivity index (χ4v) is 2.11. The smallest absolute Gasteiger partial charge is 0.253 e. The molecule has 0 fully saturated rings. The van der Waals surface area contributed by atoms with Crippen LogP contribution in [0.5, 0.6) is 0 Å². The van der Waals surface area contributed by atoms with Crippen molar-refractivity contribution in [2.24, 2.45) is 0 Å². The summed E-state index contributed by atoms with van der Waals surface area (Å²) in [5.74, 6) is -0.534. The zero-order valence-corrected chi connectivity index (χ0v) is 12.4. The summed E-state index contributed by atoms with van der Waals surface area (Å²) in [5, 5.41) is 2.84. The van der Waals surface area contributed by atoms with E-state index in [1.807, 2.05) is 26.0 Å². The predicted molar refractivity (Wildman–Crippen MR) is 82.6 cm³/mol. The van der Waals surface area contributed by atoms with E-state index in [-0.39, 0.29) is 17.8 Å². The number of anilines is 1. The Morgan fingerprint density at radius 1 is 1.19 bits per heavy atom. The molecule has 0 aromatic heterocycles. The number of carbonyl (C=O) groups excluding carboxylic acids is 1. The number of rotatable bonds is 3.